The van der Waals surface area contributed by atoms with Crippen LogP contribution in [0.3, 0.4) is 0 Å². The van der Waals surface area contributed by atoms with Gasteiger partial charge in [-0.2, -0.15) is 5.10 Å². The molecule has 0 bridgehead atoms. The van der Waals surface area contributed by atoms with E-state index in [2.05, 4.69) is 58.5 Å². The van der Waals surface area contributed by atoms with Gasteiger partial charge in [-0.3, -0.25) is 4.68 Å². The maximum atomic E-state index is 4.68. The van der Waals surface area contributed by atoms with Gasteiger partial charge in [0, 0.05) is 11.7 Å². The Kier molecular flexibility index (Phi) is 4.21. The molecule has 1 N–H and O–H groups in total. The number of hydrogen-bond donors (Lipinski definition) is 1. The van der Waals surface area contributed by atoms with Crippen LogP contribution >= 0.6 is 0 Å². The predicted molar refractivity (Wildman–Crippen MR) is 93.5 cm³/mol. The van der Waals surface area contributed by atoms with Gasteiger partial charge in [0.05, 0.1) is 12.7 Å². The number of rotatable bonds is 3. The molecule has 122 valence electrons. The van der Waals surface area contributed by atoms with Crippen LogP contribution in [0.4, 0.5) is 0 Å². The van der Waals surface area contributed by atoms with Gasteiger partial charge in [-0.15, -0.1) is 0 Å². The summed E-state index contributed by atoms with van der Waals surface area (Å²) < 4.78 is 2.22. The minimum Gasteiger partial charge on any atom is -0.313 e. The molecule has 3 nitrogen and oxygen atoms in total. The first-order valence-corrected chi connectivity index (χ1v) is 9.10. The van der Waals surface area contributed by atoms with Crippen molar-refractivity contribution in [3.05, 3.63) is 53.3 Å². The minimum absolute atomic E-state index is 0.719. The van der Waals surface area contributed by atoms with Crippen LogP contribution in [0.1, 0.15) is 43.0 Å². The quantitative estimate of drug-likeness (QED) is 0.941. The molecule has 23 heavy (non-hydrogen) atoms. The lowest BCUT2D eigenvalue weighted by atomic mass is 9.79. The highest BCUT2D eigenvalue weighted by molar-refractivity contribution is 5.24. The Morgan fingerprint density at radius 2 is 2.04 bits per heavy atom. The van der Waals surface area contributed by atoms with Crippen molar-refractivity contribution < 1.29 is 0 Å². The SMILES string of the molecule is CC1CCC(C2CCc3c(cnn3Cc3ccccc3)C2)NC1. The summed E-state index contributed by atoms with van der Waals surface area (Å²) in [7, 11) is 0. The van der Waals surface area contributed by atoms with Gasteiger partial charge in [0.25, 0.3) is 0 Å². The van der Waals surface area contributed by atoms with Crippen LogP contribution in [0.15, 0.2) is 36.5 Å². The molecule has 0 spiro atoms. The molecule has 0 amide bonds. The van der Waals surface area contributed by atoms with Crippen LogP contribution in [0, 0.1) is 11.8 Å². The third kappa shape index (κ3) is 3.20. The summed E-state index contributed by atoms with van der Waals surface area (Å²) in [6.45, 7) is 4.46. The highest BCUT2D eigenvalue weighted by Crippen LogP contribution is 2.31. The van der Waals surface area contributed by atoms with Crippen LogP contribution in [-0.4, -0.2) is 22.4 Å². The summed E-state index contributed by atoms with van der Waals surface area (Å²) >= 11 is 0. The van der Waals surface area contributed by atoms with Crippen LogP contribution in [0.5, 0.6) is 0 Å². The van der Waals surface area contributed by atoms with E-state index in [1.54, 1.807) is 0 Å². The molecule has 3 unspecified atom stereocenters. The normalized spacial score (nSPS) is 27.6. The first-order chi connectivity index (χ1) is 11.3. The van der Waals surface area contributed by atoms with Crippen molar-refractivity contribution in [2.24, 2.45) is 11.8 Å². The summed E-state index contributed by atoms with van der Waals surface area (Å²) in [6, 6.07) is 11.4. The largest absolute Gasteiger partial charge is 0.313 e. The van der Waals surface area contributed by atoms with Gasteiger partial charge in [-0.1, -0.05) is 37.3 Å². The molecule has 0 saturated carbocycles. The number of benzene rings is 1. The molecular formula is C20H27N3. The van der Waals surface area contributed by atoms with E-state index in [9.17, 15) is 0 Å². The fourth-order valence-corrected chi connectivity index (χ4v) is 4.28. The van der Waals surface area contributed by atoms with Crippen LogP contribution in [0.25, 0.3) is 0 Å². The Hall–Kier alpha value is -1.61. The van der Waals surface area contributed by atoms with Crippen molar-refractivity contribution in [2.75, 3.05) is 6.54 Å². The first-order valence-electron chi connectivity index (χ1n) is 9.10. The second-order valence-electron chi connectivity index (χ2n) is 7.46. The minimum atomic E-state index is 0.719. The lowest BCUT2D eigenvalue weighted by Gasteiger charge is -2.36. The van der Waals surface area contributed by atoms with Crippen molar-refractivity contribution in [1.82, 2.24) is 15.1 Å². The molecule has 3 heteroatoms. The van der Waals surface area contributed by atoms with E-state index < -0.39 is 0 Å². The van der Waals surface area contributed by atoms with Crippen molar-refractivity contribution in [1.29, 1.82) is 0 Å². The van der Waals surface area contributed by atoms with Gasteiger partial charge >= 0.3 is 0 Å². The highest BCUT2D eigenvalue weighted by Gasteiger charge is 2.30. The second kappa shape index (κ2) is 6.48. The van der Waals surface area contributed by atoms with Crippen molar-refractivity contribution >= 4 is 0 Å². The zero-order chi connectivity index (χ0) is 15.6. The maximum Gasteiger partial charge on any atom is 0.0662 e. The topological polar surface area (TPSA) is 29.9 Å². The molecule has 1 aliphatic carbocycles. The standard InChI is InChI=1S/C20H27N3/c1-15-7-9-19(21-12-15)17-8-10-20-18(11-17)13-22-23(20)14-16-5-3-2-4-6-16/h2-6,13,15,17,19,21H,7-12,14H2,1H3. The van der Waals surface area contributed by atoms with Gasteiger partial charge in [0.1, 0.15) is 0 Å². The fourth-order valence-electron chi connectivity index (χ4n) is 4.28. The van der Waals surface area contributed by atoms with Crippen LogP contribution in [0.2, 0.25) is 0 Å². The average Bonchev–Trinajstić information content (AvgIpc) is 2.99. The lowest BCUT2D eigenvalue weighted by Crippen LogP contribution is -2.44. The first kappa shape index (κ1) is 14.9. The Bertz CT molecular complexity index is 638. The molecule has 1 aromatic carbocycles. The van der Waals surface area contributed by atoms with Crippen LogP contribution < -0.4 is 5.32 Å². The smallest absolute Gasteiger partial charge is 0.0662 e. The van der Waals surface area contributed by atoms with E-state index in [-0.39, 0.29) is 0 Å². The monoisotopic (exact) mass is 309 g/mol. The van der Waals surface area contributed by atoms with Gasteiger partial charge in [-0.25, -0.2) is 0 Å². The van der Waals surface area contributed by atoms with E-state index in [4.69, 9.17) is 0 Å². The lowest BCUT2D eigenvalue weighted by molar-refractivity contribution is 0.237. The van der Waals surface area contributed by atoms with E-state index >= 15 is 0 Å². The van der Waals surface area contributed by atoms with Crippen molar-refractivity contribution in [3.63, 3.8) is 0 Å². The molecule has 2 aromatic rings. The van der Waals surface area contributed by atoms with Gasteiger partial charge in [-0.05, 0) is 61.6 Å². The molecule has 2 aliphatic rings. The average molecular weight is 309 g/mol. The molecule has 3 atom stereocenters. The Morgan fingerprint density at radius 1 is 1.17 bits per heavy atom. The maximum absolute atomic E-state index is 4.68. The summed E-state index contributed by atoms with van der Waals surface area (Å²) in [5.41, 5.74) is 4.29. The number of nitrogens with zero attached hydrogens (tertiary/aromatic N) is 2. The second-order valence-corrected chi connectivity index (χ2v) is 7.46. The van der Waals surface area contributed by atoms with E-state index in [1.165, 1.54) is 55.5 Å². The molecular weight excluding hydrogens is 282 g/mol. The van der Waals surface area contributed by atoms with Crippen molar-refractivity contribution in [3.8, 4) is 0 Å². The van der Waals surface area contributed by atoms with Gasteiger partial charge in [0.15, 0.2) is 0 Å². The Balaban J connectivity index is 1.45. The third-order valence-electron chi connectivity index (χ3n) is 5.71. The summed E-state index contributed by atoms with van der Waals surface area (Å²) in [5, 5.41) is 8.47. The van der Waals surface area contributed by atoms with Crippen molar-refractivity contribution in [2.45, 2.75) is 51.6 Å². The highest BCUT2D eigenvalue weighted by atomic mass is 15.3. The number of piperidine rings is 1. The zero-order valence-electron chi connectivity index (χ0n) is 14.0. The van der Waals surface area contributed by atoms with E-state index in [0.717, 1.165) is 24.4 Å². The summed E-state index contributed by atoms with van der Waals surface area (Å²) in [4.78, 5) is 0. The number of nitrogens with one attached hydrogen (secondary N) is 1. The number of fused-ring (bicyclic) bond motifs is 1. The summed E-state index contributed by atoms with van der Waals surface area (Å²) in [5.74, 6) is 1.64. The molecule has 2 heterocycles. The zero-order valence-corrected chi connectivity index (χ0v) is 14.0. The third-order valence-corrected chi connectivity index (χ3v) is 5.71. The van der Waals surface area contributed by atoms with E-state index in [1.807, 2.05) is 0 Å². The predicted octanol–water partition coefficient (Wildman–Crippen LogP) is 3.42. The molecule has 1 aromatic heterocycles. The van der Waals surface area contributed by atoms with Gasteiger partial charge < -0.3 is 5.32 Å². The molecule has 4 rings (SSSR count). The molecule has 0 radical (unpaired) electrons. The fraction of sp³-hybridized carbons (Fsp3) is 0.550. The number of hydrogen-bond acceptors (Lipinski definition) is 2. The van der Waals surface area contributed by atoms with Crippen LogP contribution in [-0.2, 0) is 19.4 Å². The molecule has 1 saturated heterocycles. The summed E-state index contributed by atoms with van der Waals surface area (Å²) in [6.07, 6.45) is 8.54. The van der Waals surface area contributed by atoms with E-state index in [0.29, 0.717) is 0 Å². The number of aromatic nitrogens is 2. The molecule has 1 fully saturated rings. The Labute approximate surface area is 139 Å². The Morgan fingerprint density at radius 3 is 2.83 bits per heavy atom. The molecule has 1 aliphatic heterocycles. The van der Waals surface area contributed by atoms with Gasteiger partial charge in [0.2, 0.25) is 0 Å².